The summed E-state index contributed by atoms with van der Waals surface area (Å²) in [7, 11) is -2.28. The van der Waals surface area contributed by atoms with Crippen molar-refractivity contribution in [3.05, 3.63) is 60.3 Å². The topological polar surface area (TPSA) is 155 Å². The Labute approximate surface area is 234 Å². The Balaban J connectivity index is 1.57. The van der Waals surface area contributed by atoms with Crippen molar-refractivity contribution < 1.29 is 28.4 Å². The van der Waals surface area contributed by atoms with Gasteiger partial charge in [0.25, 0.3) is 5.91 Å². The van der Waals surface area contributed by atoms with Gasteiger partial charge >= 0.3 is 6.09 Å². The van der Waals surface area contributed by atoms with E-state index in [1.54, 1.807) is 54.4 Å². The maximum atomic E-state index is 13.0. The van der Waals surface area contributed by atoms with Gasteiger partial charge in [-0.05, 0) is 55.8 Å². The van der Waals surface area contributed by atoms with Gasteiger partial charge in [-0.15, -0.1) is 4.36 Å². The molecule has 0 aliphatic carbocycles. The first-order chi connectivity index (χ1) is 19.4. The summed E-state index contributed by atoms with van der Waals surface area (Å²) in [5, 5.41) is 15.9. The molecule has 1 aliphatic rings. The second-order valence-electron chi connectivity index (χ2n) is 8.91. The van der Waals surface area contributed by atoms with Crippen LogP contribution in [0.3, 0.4) is 0 Å². The van der Waals surface area contributed by atoms with Crippen LogP contribution in [0.1, 0.15) is 24.2 Å². The lowest BCUT2D eigenvalue weighted by Crippen LogP contribution is -2.40. The van der Waals surface area contributed by atoms with Crippen LogP contribution in [0.15, 0.2) is 64.0 Å². The van der Waals surface area contributed by atoms with Gasteiger partial charge in [0, 0.05) is 47.0 Å². The maximum Gasteiger partial charge on any atom is 0.441 e. The van der Waals surface area contributed by atoms with Gasteiger partial charge in [0.05, 0.1) is 37.0 Å². The highest BCUT2D eigenvalue weighted by Crippen LogP contribution is 2.29. The predicted molar refractivity (Wildman–Crippen MR) is 151 cm³/mol. The van der Waals surface area contributed by atoms with Crippen LogP contribution < -0.4 is 10.6 Å². The van der Waals surface area contributed by atoms with Gasteiger partial charge in [0.2, 0.25) is 5.95 Å². The number of morpholine rings is 1. The van der Waals surface area contributed by atoms with Crippen LogP contribution >= 0.6 is 0 Å². The lowest BCUT2D eigenvalue weighted by molar-refractivity contribution is 0.0303. The molecule has 3 N–H and O–H groups in total. The van der Waals surface area contributed by atoms with Crippen LogP contribution in [0.25, 0.3) is 11.1 Å². The molecule has 12 nitrogen and oxygen atoms in total. The quantitative estimate of drug-likeness (QED) is 0.283. The molecule has 212 valence electrons. The highest BCUT2D eigenvalue weighted by molar-refractivity contribution is 7.75. The van der Waals surface area contributed by atoms with Crippen LogP contribution in [-0.2, 0) is 20.1 Å². The smallest absolute Gasteiger partial charge is 0.441 e. The molecule has 1 aromatic heterocycles. The first kappa shape index (κ1) is 28.9. The molecule has 0 radical (unpaired) electrons. The van der Waals surface area contributed by atoms with E-state index in [-0.39, 0.29) is 31.1 Å². The average Bonchev–Trinajstić information content (AvgIpc) is 2.98. The number of aromatic nitrogens is 2. The summed E-state index contributed by atoms with van der Waals surface area (Å²) in [6.45, 7) is 5.63. The number of ether oxygens (including phenoxy) is 2. The number of aliphatic hydroxyl groups excluding tert-OH is 1. The summed E-state index contributed by atoms with van der Waals surface area (Å²) in [6.07, 6.45) is 0.774. The summed E-state index contributed by atoms with van der Waals surface area (Å²) in [6, 6.07) is 13.5. The molecule has 1 saturated heterocycles. The molecule has 4 rings (SSSR count). The molecule has 1 aliphatic heterocycles. The van der Waals surface area contributed by atoms with Crippen LogP contribution in [0.4, 0.5) is 22.2 Å². The van der Waals surface area contributed by atoms with Gasteiger partial charge in [0.15, 0.2) is 0 Å². The lowest BCUT2D eigenvalue weighted by atomic mass is 10.0. The summed E-state index contributed by atoms with van der Waals surface area (Å²) < 4.78 is 25.9. The number of hydrogen-bond donors (Lipinski definition) is 4. The fourth-order valence-corrected chi connectivity index (χ4v) is 4.62. The Morgan fingerprint density at radius 1 is 1.20 bits per heavy atom. The second-order valence-corrected chi connectivity index (χ2v) is 10.2. The first-order valence-corrected chi connectivity index (χ1v) is 14.0. The number of hydrogen-bond acceptors (Lipinski definition) is 10. The van der Waals surface area contributed by atoms with E-state index in [9.17, 15) is 18.9 Å². The van der Waals surface area contributed by atoms with Gasteiger partial charge < -0.3 is 30.1 Å². The SMILES string of the molecule is CCOC(=O)/N=[SH](=O)/c1ccc(Nc2ncc(-c3cccc(C(=O)N4CCOCC4)c3)c(N[C@H](C)CO)n2)cc1. The number of carbonyl (C=O) groups excluding carboxylic acids is 2. The number of carbonyl (C=O) groups is 2. The van der Waals surface area contributed by atoms with Crippen molar-refractivity contribution in [1.29, 1.82) is 0 Å². The van der Waals surface area contributed by atoms with E-state index < -0.39 is 16.7 Å². The maximum absolute atomic E-state index is 13.0. The first-order valence-electron chi connectivity index (χ1n) is 12.8. The Morgan fingerprint density at radius 2 is 1.95 bits per heavy atom. The molecule has 2 amide bonds. The molecule has 1 unspecified atom stereocenters. The minimum Gasteiger partial charge on any atom is -0.448 e. The Hall–Kier alpha value is -4.07. The molecule has 13 heteroatoms. The molecule has 1 fully saturated rings. The Bertz CT molecular complexity index is 1420. The lowest BCUT2D eigenvalue weighted by Gasteiger charge is -2.27. The van der Waals surface area contributed by atoms with Gasteiger partial charge in [-0.2, -0.15) is 4.98 Å². The number of amides is 2. The number of anilines is 3. The van der Waals surface area contributed by atoms with Crippen molar-refractivity contribution in [2.45, 2.75) is 24.8 Å². The van der Waals surface area contributed by atoms with Crippen molar-refractivity contribution in [3.8, 4) is 11.1 Å². The van der Waals surface area contributed by atoms with Gasteiger partial charge in [-0.3, -0.25) is 4.79 Å². The average molecular weight is 569 g/mol. The fourth-order valence-electron chi connectivity index (χ4n) is 3.90. The summed E-state index contributed by atoms with van der Waals surface area (Å²) in [4.78, 5) is 35.7. The van der Waals surface area contributed by atoms with E-state index in [1.165, 1.54) is 0 Å². The standard InChI is InChI=1S/C27H32N6O6S/c1-3-39-27(36)32-40(37)22-9-7-21(8-10-22)30-26-28-16-23(24(31-26)29-18(2)17-34)19-5-4-6-20(15-19)25(35)33-11-13-38-14-12-33/h4-10,15-16,18,34,40H,3,11-14,17H2,1-2H3,(H2,28,29,30,31)/t18-/m1/s1. The molecule has 3 aromatic rings. The molecule has 2 heterocycles. The van der Waals surface area contributed by atoms with Crippen molar-refractivity contribution >= 4 is 40.0 Å². The Kier molecular flexibility index (Phi) is 10.00. The van der Waals surface area contributed by atoms with E-state index in [4.69, 9.17) is 9.47 Å². The number of benzene rings is 2. The number of thiol groups is 1. The van der Waals surface area contributed by atoms with Gasteiger partial charge in [0.1, 0.15) is 5.82 Å². The number of rotatable bonds is 9. The molecular weight excluding hydrogens is 536 g/mol. The minimum absolute atomic E-state index is 0.0668. The molecule has 0 spiro atoms. The third-order valence-corrected chi connectivity index (χ3v) is 7.03. The summed E-state index contributed by atoms with van der Waals surface area (Å²) >= 11 is 0. The van der Waals surface area contributed by atoms with Crippen LogP contribution in [-0.4, -0.2) is 81.7 Å². The molecule has 2 atom stereocenters. The monoisotopic (exact) mass is 568 g/mol. The normalized spacial score (nSPS) is 14.8. The molecule has 0 saturated carbocycles. The molecule has 0 bridgehead atoms. The summed E-state index contributed by atoms with van der Waals surface area (Å²) in [5.74, 6) is 0.691. The zero-order chi connectivity index (χ0) is 28.5. The third-order valence-electron chi connectivity index (χ3n) is 5.95. The number of nitrogens with one attached hydrogen (secondary N) is 2. The highest BCUT2D eigenvalue weighted by atomic mass is 32.2. The molecule has 2 aromatic carbocycles. The van der Waals surface area contributed by atoms with Gasteiger partial charge in [-0.1, -0.05) is 12.1 Å². The van der Waals surface area contributed by atoms with Gasteiger partial charge in [-0.25, -0.2) is 14.0 Å². The predicted octanol–water partition coefficient (Wildman–Crippen LogP) is 3.33. The fraction of sp³-hybridized carbons (Fsp3) is 0.333. The van der Waals surface area contributed by atoms with Crippen LogP contribution in [0.5, 0.6) is 0 Å². The third kappa shape index (κ3) is 7.52. The van der Waals surface area contributed by atoms with Crippen molar-refractivity contribution in [1.82, 2.24) is 14.9 Å². The van der Waals surface area contributed by atoms with E-state index in [2.05, 4.69) is 25.0 Å². The largest absolute Gasteiger partial charge is 0.448 e. The minimum atomic E-state index is -2.28. The van der Waals surface area contributed by atoms with Crippen LogP contribution in [0.2, 0.25) is 0 Å². The zero-order valence-electron chi connectivity index (χ0n) is 22.2. The molecular formula is C27H32N6O6S. The molecule has 40 heavy (non-hydrogen) atoms. The van der Waals surface area contributed by atoms with Crippen LogP contribution in [0, 0.1) is 0 Å². The Morgan fingerprint density at radius 3 is 2.65 bits per heavy atom. The van der Waals surface area contributed by atoms with E-state index in [0.29, 0.717) is 53.8 Å². The highest BCUT2D eigenvalue weighted by Gasteiger charge is 2.20. The van der Waals surface area contributed by atoms with E-state index in [1.807, 2.05) is 19.1 Å². The number of aliphatic hydroxyl groups is 1. The van der Waals surface area contributed by atoms with Crippen molar-refractivity contribution in [2.24, 2.45) is 4.36 Å². The van der Waals surface area contributed by atoms with Crippen molar-refractivity contribution in [3.63, 3.8) is 0 Å². The van der Waals surface area contributed by atoms with Crippen molar-refractivity contribution in [2.75, 3.05) is 50.2 Å². The zero-order valence-corrected chi connectivity index (χ0v) is 23.1. The van der Waals surface area contributed by atoms with E-state index in [0.717, 1.165) is 5.56 Å². The van der Waals surface area contributed by atoms with E-state index >= 15 is 0 Å². The summed E-state index contributed by atoms with van der Waals surface area (Å²) in [5.41, 5.74) is 2.58. The second kappa shape index (κ2) is 13.8. The number of nitrogens with zero attached hydrogens (tertiary/aromatic N) is 4.